The van der Waals surface area contributed by atoms with E-state index in [4.69, 9.17) is 10.5 Å². The molecule has 20 heavy (non-hydrogen) atoms. The molecule has 1 aromatic rings. The summed E-state index contributed by atoms with van der Waals surface area (Å²) in [6, 6.07) is 4.75. The molecule has 0 amide bonds. The summed E-state index contributed by atoms with van der Waals surface area (Å²) >= 11 is 0. The third-order valence-corrected chi connectivity index (χ3v) is 4.55. The Bertz CT molecular complexity index is 582. The van der Waals surface area contributed by atoms with Crippen LogP contribution in [0.4, 0.5) is 0 Å². The zero-order chi connectivity index (χ0) is 15.3. The highest BCUT2D eigenvalue weighted by molar-refractivity contribution is 7.89. The number of likely N-dealkylation sites (N-methyl/N-ethyl adjacent to an activating group) is 1. The Morgan fingerprint density at radius 2 is 2.10 bits per heavy atom. The fraction of sp³-hybridized carbons (Fsp3) is 0.429. The molecule has 0 heterocycles. The van der Waals surface area contributed by atoms with Crippen molar-refractivity contribution < 1.29 is 13.2 Å². The molecule has 0 saturated heterocycles. The topological polar surface area (TPSA) is 72.6 Å². The predicted octanol–water partition coefficient (Wildman–Crippen LogP) is 1.74. The first kappa shape index (κ1) is 16.7. The van der Waals surface area contributed by atoms with Crippen LogP contribution in [-0.2, 0) is 16.6 Å². The van der Waals surface area contributed by atoms with Gasteiger partial charge in [0.25, 0.3) is 0 Å². The fourth-order valence-electron chi connectivity index (χ4n) is 1.82. The highest BCUT2D eigenvalue weighted by atomic mass is 32.2. The zero-order valence-electron chi connectivity index (χ0n) is 12.2. The van der Waals surface area contributed by atoms with Gasteiger partial charge in [0.15, 0.2) is 0 Å². The largest absolute Gasteiger partial charge is 0.494 e. The molecule has 0 aliphatic carbocycles. The smallest absolute Gasteiger partial charge is 0.243 e. The Morgan fingerprint density at radius 3 is 2.60 bits per heavy atom. The summed E-state index contributed by atoms with van der Waals surface area (Å²) in [6.45, 7) is 8.40. The van der Waals surface area contributed by atoms with E-state index in [0.717, 1.165) is 5.57 Å². The number of nitrogens with two attached hydrogens (primary N) is 1. The molecule has 2 N–H and O–H groups in total. The van der Waals surface area contributed by atoms with E-state index in [1.165, 1.54) is 17.4 Å². The van der Waals surface area contributed by atoms with Gasteiger partial charge in [-0.2, -0.15) is 4.31 Å². The maximum atomic E-state index is 12.4. The number of hydrogen-bond donors (Lipinski definition) is 1. The number of ether oxygens (including phenoxy) is 1. The van der Waals surface area contributed by atoms with Crippen molar-refractivity contribution in [3.8, 4) is 5.75 Å². The van der Waals surface area contributed by atoms with Crippen LogP contribution < -0.4 is 10.5 Å². The number of nitrogens with zero attached hydrogens (tertiary/aromatic N) is 1. The second-order valence-corrected chi connectivity index (χ2v) is 6.67. The van der Waals surface area contributed by atoms with Crippen molar-refractivity contribution in [3.63, 3.8) is 0 Å². The van der Waals surface area contributed by atoms with Crippen molar-refractivity contribution in [2.75, 3.05) is 20.2 Å². The van der Waals surface area contributed by atoms with Crippen LogP contribution in [0.3, 0.4) is 0 Å². The maximum Gasteiger partial charge on any atom is 0.243 e. The van der Waals surface area contributed by atoms with E-state index in [9.17, 15) is 8.42 Å². The average Bonchev–Trinajstić information content (AvgIpc) is 2.38. The molecule has 5 nitrogen and oxygen atoms in total. The number of benzene rings is 1. The number of rotatable bonds is 7. The van der Waals surface area contributed by atoms with E-state index < -0.39 is 10.0 Å². The van der Waals surface area contributed by atoms with Crippen LogP contribution in [0.1, 0.15) is 19.4 Å². The second-order valence-electron chi connectivity index (χ2n) is 4.62. The van der Waals surface area contributed by atoms with Gasteiger partial charge in [0, 0.05) is 25.7 Å². The summed E-state index contributed by atoms with van der Waals surface area (Å²) in [5.41, 5.74) is 7.10. The summed E-state index contributed by atoms with van der Waals surface area (Å²) in [5.74, 6) is 0.622. The molecule has 112 valence electrons. The molecule has 0 spiro atoms. The Morgan fingerprint density at radius 1 is 1.45 bits per heavy atom. The summed E-state index contributed by atoms with van der Waals surface area (Å²) in [4.78, 5) is 0.213. The van der Waals surface area contributed by atoms with Crippen LogP contribution in [0, 0.1) is 0 Å². The van der Waals surface area contributed by atoms with Crippen LogP contribution in [0.5, 0.6) is 5.75 Å². The van der Waals surface area contributed by atoms with E-state index in [2.05, 4.69) is 6.58 Å². The van der Waals surface area contributed by atoms with Gasteiger partial charge in [0.1, 0.15) is 5.75 Å². The van der Waals surface area contributed by atoms with E-state index in [1.54, 1.807) is 19.1 Å². The molecule has 0 aromatic heterocycles. The minimum atomic E-state index is -3.54. The quantitative estimate of drug-likeness (QED) is 0.778. The lowest BCUT2D eigenvalue weighted by atomic mass is 10.2. The van der Waals surface area contributed by atoms with Crippen LogP contribution in [0.25, 0.3) is 0 Å². The van der Waals surface area contributed by atoms with Gasteiger partial charge in [-0.25, -0.2) is 8.42 Å². The number of sulfonamides is 1. The van der Waals surface area contributed by atoms with E-state index in [1.807, 2.05) is 6.92 Å². The lowest BCUT2D eigenvalue weighted by Gasteiger charge is -2.18. The lowest BCUT2D eigenvalue weighted by Crippen LogP contribution is -2.28. The molecule has 0 atom stereocenters. The fourth-order valence-corrected chi connectivity index (χ4v) is 3.10. The summed E-state index contributed by atoms with van der Waals surface area (Å²) in [6.07, 6.45) is 0. The predicted molar refractivity (Wildman–Crippen MR) is 80.1 cm³/mol. The molecule has 0 saturated carbocycles. The van der Waals surface area contributed by atoms with Gasteiger partial charge in [-0.3, -0.25) is 0 Å². The Balaban J connectivity index is 3.16. The molecule has 0 aliphatic heterocycles. The highest BCUT2D eigenvalue weighted by Crippen LogP contribution is 2.24. The normalized spacial score (nSPS) is 11.7. The third-order valence-electron chi connectivity index (χ3n) is 2.75. The molecule has 0 unspecified atom stereocenters. The van der Waals surface area contributed by atoms with Crippen LogP contribution >= 0.6 is 0 Å². The van der Waals surface area contributed by atoms with Gasteiger partial charge in [0.05, 0.1) is 11.5 Å². The summed E-state index contributed by atoms with van der Waals surface area (Å²) in [7, 11) is -2.01. The molecular formula is C14H22N2O3S. The van der Waals surface area contributed by atoms with Crippen molar-refractivity contribution in [1.82, 2.24) is 4.31 Å². The third kappa shape index (κ3) is 3.82. The molecule has 0 aliphatic rings. The first-order chi connectivity index (χ1) is 9.32. The zero-order valence-corrected chi connectivity index (χ0v) is 13.0. The van der Waals surface area contributed by atoms with Gasteiger partial charge in [-0.05, 0) is 32.0 Å². The Hall–Kier alpha value is -1.37. The lowest BCUT2D eigenvalue weighted by molar-refractivity contribution is 0.336. The van der Waals surface area contributed by atoms with Gasteiger partial charge in [0.2, 0.25) is 10.0 Å². The molecular weight excluding hydrogens is 276 g/mol. The first-order valence-electron chi connectivity index (χ1n) is 6.39. The number of hydrogen-bond acceptors (Lipinski definition) is 4. The molecule has 1 aromatic carbocycles. The van der Waals surface area contributed by atoms with Crippen molar-refractivity contribution in [3.05, 3.63) is 35.9 Å². The maximum absolute atomic E-state index is 12.4. The first-order valence-corrected chi connectivity index (χ1v) is 7.83. The average molecular weight is 298 g/mol. The standard InChI is InChI=1S/C14H22N2O3S/c1-5-19-14-7-6-13(8-12(14)9-15)20(17,18)16(4)10-11(2)3/h6-8H,2,5,9-10,15H2,1,3-4H3. The van der Waals surface area contributed by atoms with Gasteiger partial charge < -0.3 is 10.5 Å². The van der Waals surface area contributed by atoms with Crippen LogP contribution in [-0.4, -0.2) is 32.9 Å². The van der Waals surface area contributed by atoms with E-state index in [-0.39, 0.29) is 18.0 Å². The van der Waals surface area contributed by atoms with Crippen molar-refractivity contribution >= 4 is 10.0 Å². The van der Waals surface area contributed by atoms with Gasteiger partial charge in [-0.1, -0.05) is 12.2 Å². The molecule has 0 radical (unpaired) electrons. The summed E-state index contributed by atoms with van der Waals surface area (Å²) in [5, 5.41) is 0. The van der Waals surface area contributed by atoms with Crippen molar-refractivity contribution in [2.24, 2.45) is 5.73 Å². The molecule has 0 fully saturated rings. The second kappa shape index (κ2) is 6.88. The monoisotopic (exact) mass is 298 g/mol. The van der Waals surface area contributed by atoms with E-state index >= 15 is 0 Å². The van der Waals surface area contributed by atoms with Crippen LogP contribution in [0.15, 0.2) is 35.2 Å². The SMILES string of the molecule is C=C(C)CN(C)S(=O)(=O)c1ccc(OCC)c(CN)c1. The highest BCUT2D eigenvalue weighted by Gasteiger charge is 2.21. The molecule has 6 heteroatoms. The summed E-state index contributed by atoms with van der Waals surface area (Å²) < 4.78 is 31.5. The Kier molecular flexibility index (Phi) is 5.74. The van der Waals surface area contributed by atoms with Crippen LogP contribution in [0.2, 0.25) is 0 Å². The van der Waals surface area contributed by atoms with Crippen molar-refractivity contribution in [1.29, 1.82) is 0 Å². The minimum absolute atomic E-state index is 0.213. The molecule has 0 bridgehead atoms. The van der Waals surface area contributed by atoms with Crippen molar-refractivity contribution in [2.45, 2.75) is 25.3 Å². The van der Waals surface area contributed by atoms with Gasteiger partial charge >= 0.3 is 0 Å². The van der Waals surface area contributed by atoms with E-state index in [0.29, 0.717) is 17.9 Å². The van der Waals surface area contributed by atoms with Gasteiger partial charge in [-0.15, -0.1) is 0 Å². The minimum Gasteiger partial charge on any atom is -0.494 e. The Labute approximate surface area is 121 Å². The molecule has 1 rings (SSSR count).